The van der Waals surface area contributed by atoms with Crippen LogP contribution in [0.2, 0.25) is 0 Å². The second-order valence-corrected chi connectivity index (χ2v) is 9.16. The van der Waals surface area contributed by atoms with E-state index in [9.17, 15) is 14.7 Å². The first-order chi connectivity index (χ1) is 11.7. The molecule has 1 aromatic heterocycles. The fourth-order valence-corrected chi connectivity index (χ4v) is 4.95. The molecule has 1 saturated carbocycles. The van der Waals surface area contributed by atoms with Gasteiger partial charge in [-0.1, -0.05) is 40.0 Å². The second kappa shape index (κ2) is 6.60. The van der Waals surface area contributed by atoms with Gasteiger partial charge in [0, 0.05) is 16.3 Å². The van der Waals surface area contributed by atoms with Crippen LogP contribution >= 0.6 is 11.3 Å². The first kappa shape index (κ1) is 18.2. The van der Waals surface area contributed by atoms with Crippen LogP contribution in [-0.2, 0) is 9.59 Å². The number of carbonyl (C=O) groups excluding carboxylic acids is 2. The summed E-state index contributed by atoms with van der Waals surface area (Å²) < 4.78 is 0. The maximum atomic E-state index is 13.1. The molecular weight excluding hydrogens is 334 g/mol. The van der Waals surface area contributed by atoms with E-state index in [0.29, 0.717) is 0 Å². The minimum Gasteiger partial charge on any atom is -0.503 e. The second-order valence-electron chi connectivity index (χ2n) is 8.22. The zero-order chi connectivity index (χ0) is 18.4. The molecule has 3 rings (SSSR count). The first-order valence-corrected chi connectivity index (χ1v) is 9.96. The number of hydrogen-bond acceptors (Lipinski definition) is 4. The molecule has 1 N–H and O–H groups in total. The zero-order valence-electron chi connectivity index (χ0n) is 15.5. The molecule has 1 aliphatic heterocycles. The molecule has 0 radical (unpaired) electrons. The van der Waals surface area contributed by atoms with Gasteiger partial charge in [0.25, 0.3) is 5.91 Å². The number of carbonyl (C=O) groups is 2. The summed E-state index contributed by atoms with van der Waals surface area (Å²) >= 11 is 1.56. The molecule has 1 amide bonds. The van der Waals surface area contributed by atoms with Gasteiger partial charge in [-0.25, -0.2) is 0 Å². The number of aliphatic hydroxyl groups excluding tert-OH is 1. The fraction of sp³-hybridized carbons (Fsp3) is 0.600. The highest BCUT2D eigenvalue weighted by Crippen LogP contribution is 2.46. The lowest BCUT2D eigenvalue weighted by atomic mass is 9.82. The fourth-order valence-electron chi connectivity index (χ4n) is 3.92. The summed E-state index contributed by atoms with van der Waals surface area (Å²) in [6.45, 7) is 7.51. The van der Waals surface area contributed by atoms with Gasteiger partial charge in [0.05, 0.1) is 11.6 Å². The largest absolute Gasteiger partial charge is 0.503 e. The van der Waals surface area contributed by atoms with Gasteiger partial charge in [-0.3, -0.25) is 9.59 Å². The van der Waals surface area contributed by atoms with Gasteiger partial charge in [0.1, 0.15) is 0 Å². The van der Waals surface area contributed by atoms with E-state index in [4.69, 9.17) is 0 Å². The van der Waals surface area contributed by atoms with E-state index in [-0.39, 0.29) is 29.1 Å². The summed E-state index contributed by atoms with van der Waals surface area (Å²) in [6.07, 6.45) is 5.25. The van der Waals surface area contributed by atoms with Crippen molar-refractivity contribution in [1.82, 2.24) is 4.90 Å². The Morgan fingerprint density at radius 3 is 2.40 bits per heavy atom. The van der Waals surface area contributed by atoms with Crippen molar-refractivity contribution < 1.29 is 14.7 Å². The van der Waals surface area contributed by atoms with Gasteiger partial charge < -0.3 is 10.0 Å². The van der Waals surface area contributed by atoms with Gasteiger partial charge in [-0.2, -0.15) is 0 Å². The number of aliphatic hydroxyl groups is 1. The minimum atomic E-state index is -0.643. The summed E-state index contributed by atoms with van der Waals surface area (Å²) in [5.41, 5.74) is 0.710. The molecule has 1 atom stereocenters. The SMILES string of the molecule is Cc1ccsc1C1C(C(=O)C(C)(C)C)=C(O)C(=O)N1C1CCCCC1. The summed E-state index contributed by atoms with van der Waals surface area (Å²) in [5, 5.41) is 12.6. The van der Waals surface area contributed by atoms with Gasteiger partial charge in [0.2, 0.25) is 0 Å². The van der Waals surface area contributed by atoms with Crippen LogP contribution < -0.4 is 0 Å². The Bertz CT molecular complexity index is 720. The minimum absolute atomic E-state index is 0.0974. The maximum absolute atomic E-state index is 13.1. The predicted octanol–water partition coefficient (Wildman–Crippen LogP) is 4.70. The third kappa shape index (κ3) is 3.14. The summed E-state index contributed by atoms with van der Waals surface area (Å²) in [7, 11) is 0. The molecular formula is C20H27NO3S. The van der Waals surface area contributed by atoms with Crippen molar-refractivity contribution in [2.24, 2.45) is 5.41 Å². The Balaban J connectivity index is 2.10. The van der Waals surface area contributed by atoms with Gasteiger partial charge in [-0.05, 0) is 36.8 Å². The van der Waals surface area contributed by atoms with E-state index < -0.39 is 11.5 Å². The van der Waals surface area contributed by atoms with Crippen LogP contribution in [0.15, 0.2) is 22.8 Å². The summed E-state index contributed by atoms with van der Waals surface area (Å²) in [6, 6.07) is 1.67. The lowest BCUT2D eigenvalue weighted by Crippen LogP contribution is -2.41. The van der Waals surface area contributed by atoms with E-state index in [1.807, 2.05) is 39.1 Å². The van der Waals surface area contributed by atoms with Gasteiger partial charge in [0.15, 0.2) is 11.5 Å². The Hall–Kier alpha value is -1.62. The quantitative estimate of drug-likeness (QED) is 0.849. The highest BCUT2D eigenvalue weighted by Gasteiger charge is 2.49. The van der Waals surface area contributed by atoms with Crippen LogP contribution in [0.4, 0.5) is 0 Å². The normalized spacial score (nSPS) is 22.8. The zero-order valence-corrected chi connectivity index (χ0v) is 16.3. The molecule has 0 bridgehead atoms. The Labute approximate surface area is 153 Å². The number of hydrogen-bond donors (Lipinski definition) is 1. The number of aryl methyl sites for hydroxylation is 1. The standard InChI is InChI=1S/C20H27NO3S/c1-12-10-11-25-17(12)15-14(18(23)20(2,3)4)16(22)19(24)21(15)13-8-6-5-7-9-13/h10-11,13,15,22H,5-9H2,1-4H3. The van der Waals surface area contributed by atoms with E-state index in [1.165, 1.54) is 6.42 Å². The van der Waals surface area contributed by atoms with Crippen molar-refractivity contribution in [1.29, 1.82) is 0 Å². The molecule has 0 saturated heterocycles. The number of rotatable bonds is 3. The van der Waals surface area contributed by atoms with Crippen LogP contribution in [0.3, 0.4) is 0 Å². The van der Waals surface area contributed by atoms with Crippen LogP contribution in [0.25, 0.3) is 0 Å². The number of Topliss-reactive ketones (excluding diaryl/α,β-unsaturated/α-hetero) is 1. The predicted molar refractivity (Wildman–Crippen MR) is 99.6 cm³/mol. The van der Waals surface area contributed by atoms with E-state index in [0.717, 1.165) is 36.1 Å². The molecule has 2 heterocycles. The van der Waals surface area contributed by atoms with E-state index in [1.54, 1.807) is 16.2 Å². The van der Waals surface area contributed by atoms with Crippen molar-refractivity contribution in [2.75, 3.05) is 0 Å². The van der Waals surface area contributed by atoms with Crippen LogP contribution in [0.5, 0.6) is 0 Å². The summed E-state index contributed by atoms with van der Waals surface area (Å²) in [4.78, 5) is 28.8. The number of nitrogens with zero attached hydrogens (tertiary/aromatic N) is 1. The van der Waals surface area contributed by atoms with Crippen LogP contribution in [0, 0.1) is 12.3 Å². The maximum Gasteiger partial charge on any atom is 0.290 e. The Kier molecular flexibility index (Phi) is 4.80. The molecule has 5 heteroatoms. The monoisotopic (exact) mass is 361 g/mol. The molecule has 136 valence electrons. The van der Waals surface area contributed by atoms with Crippen molar-refractivity contribution in [3.63, 3.8) is 0 Å². The number of ketones is 1. The van der Waals surface area contributed by atoms with Crippen molar-refractivity contribution in [3.05, 3.63) is 33.2 Å². The van der Waals surface area contributed by atoms with E-state index in [2.05, 4.69) is 0 Å². The molecule has 25 heavy (non-hydrogen) atoms. The van der Waals surface area contributed by atoms with E-state index >= 15 is 0 Å². The van der Waals surface area contributed by atoms with Gasteiger partial charge >= 0.3 is 0 Å². The molecule has 1 aliphatic carbocycles. The average Bonchev–Trinajstić information content (AvgIpc) is 3.08. The van der Waals surface area contributed by atoms with Crippen LogP contribution in [-0.4, -0.2) is 27.7 Å². The third-order valence-electron chi connectivity index (χ3n) is 5.29. The third-order valence-corrected chi connectivity index (χ3v) is 6.36. The highest BCUT2D eigenvalue weighted by molar-refractivity contribution is 7.10. The first-order valence-electron chi connectivity index (χ1n) is 9.08. The molecule has 1 aromatic rings. The molecule has 0 aromatic carbocycles. The molecule has 1 unspecified atom stereocenters. The summed E-state index contributed by atoms with van der Waals surface area (Å²) in [5.74, 6) is -0.866. The molecule has 4 nitrogen and oxygen atoms in total. The van der Waals surface area contributed by atoms with Crippen molar-refractivity contribution in [2.45, 2.75) is 71.9 Å². The highest BCUT2D eigenvalue weighted by atomic mass is 32.1. The van der Waals surface area contributed by atoms with Crippen molar-refractivity contribution in [3.8, 4) is 0 Å². The smallest absolute Gasteiger partial charge is 0.290 e. The Morgan fingerprint density at radius 2 is 1.88 bits per heavy atom. The molecule has 0 spiro atoms. The molecule has 2 aliphatic rings. The van der Waals surface area contributed by atoms with Gasteiger partial charge in [-0.15, -0.1) is 11.3 Å². The lowest BCUT2D eigenvalue weighted by Gasteiger charge is -2.36. The molecule has 1 fully saturated rings. The number of amides is 1. The topological polar surface area (TPSA) is 57.6 Å². The Morgan fingerprint density at radius 1 is 1.24 bits per heavy atom. The van der Waals surface area contributed by atoms with Crippen LogP contribution in [0.1, 0.15) is 69.4 Å². The lowest BCUT2D eigenvalue weighted by molar-refractivity contribution is -0.132. The average molecular weight is 362 g/mol. The van der Waals surface area contributed by atoms with Crippen molar-refractivity contribution >= 4 is 23.0 Å². The number of thiophene rings is 1.